The van der Waals surface area contributed by atoms with Gasteiger partial charge in [-0.25, -0.2) is 0 Å². The maximum absolute atomic E-state index is 5.99. The van der Waals surface area contributed by atoms with Crippen molar-refractivity contribution in [1.29, 1.82) is 0 Å². The Morgan fingerprint density at radius 1 is 1.53 bits per heavy atom. The van der Waals surface area contributed by atoms with E-state index in [1.807, 2.05) is 5.38 Å². The fourth-order valence-electron chi connectivity index (χ4n) is 3.49. The van der Waals surface area contributed by atoms with Crippen molar-refractivity contribution in [3.63, 3.8) is 0 Å². The lowest BCUT2D eigenvalue weighted by Crippen LogP contribution is -2.34. The van der Waals surface area contributed by atoms with Crippen molar-refractivity contribution in [3.8, 4) is 0 Å². The lowest BCUT2D eigenvalue weighted by molar-refractivity contribution is 0.212. The first-order chi connectivity index (χ1) is 8.28. The minimum absolute atomic E-state index is 0.760. The van der Waals surface area contributed by atoms with Crippen LogP contribution in [0.25, 0.3) is 0 Å². The van der Waals surface area contributed by atoms with Gasteiger partial charge >= 0.3 is 0 Å². The molecule has 3 unspecified atom stereocenters. The molecule has 2 aliphatic heterocycles. The molecule has 2 nitrogen and oxygen atoms in total. The SMILES string of the molecule is CCC1C2CNCC2CN1Cc1cc(Cl)cs1. The molecule has 3 heterocycles. The summed E-state index contributed by atoms with van der Waals surface area (Å²) in [7, 11) is 0. The normalized spacial score (nSPS) is 33.2. The van der Waals surface area contributed by atoms with Crippen molar-refractivity contribution in [2.75, 3.05) is 19.6 Å². The average Bonchev–Trinajstić information content (AvgIpc) is 2.95. The summed E-state index contributed by atoms with van der Waals surface area (Å²) in [6.07, 6.45) is 1.27. The maximum Gasteiger partial charge on any atom is 0.0516 e. The van der Waals surface area contributed by atoms with Gasteiger partial charge in [0.1, 0.15) is 0 Å². The van der Waals surface area contributed by atoms with Crippen molar-refractivity contribution < 1.29 is 0 Å². The number of halogens is 1. The fourth-order valence-corrected chi connectivity index (χ4v) is 4.59. The van der Waals surface area contributed by atoms with Gasteiger partial charge in [0.15, 0.2) is 0 Å². The smallest absolute Gasteiger partial charge is 0.0516 e. The molecule has 0 saturated carbocycles. The molecule has 94 valence electrons. The van der Waals surface area contributed by atoms with Crippen LogP contribution in [0.2, 0.25) is 5.02 Å². The molecule has 3 rings (SSSR count). The lowest BCUT2D eigenvalue weighted by atomic mass is 9.93. The summed E-state index contributed by atoms with van der Waals surface area (Å²) in [6.45, 7) is 7.09. The zero-order valence-electron chi connectivity index (χ0n) is 10.2. The Labute approximate surface area is 112 Å². The van der Waals surface area contributed by atoms with Crippen molar-refractivity contribution >= 4 is 22.9 Å². The van der Waals surface area contributed by atoms with Crippen LogP contribution in [0.15, 0.2) is 11.4 Å². The third-order valence-corrected chi connectivity index (χ3v) is 5.49. The molecule has 3 atom stereocenters. The van der Waals surface area contributed by atoms with E-state index in [4.69, 9.17) is 11.6 Å². The number of thiophene rings is 1. The number of fused-ring (bicyclic) bond motifs is 1. The fraction of sp³-hybridized carbons (Fsp3) is 0.692. The highest BCUT2D eigenvalue weighted by atomic mass is 35.5. The molecule has 2 saturated heterocycles. The molecular formula is C13H19ClN2S. The molecule has 0 bridgehead atoms. The molecule has 2 aliphatic rings. The van der Waals surface area contributed by atoms with Gasteiger partial charge in [-0.15, -0.1) is 11.3 Å². The molecule has 0 amide bonds. The van der Waals surface area contributed by atoms with Crippen LogP contribution in [0.5, 0.6) is 0 Å². The van der Waals surface area contributed by atoms with Crippen molar-refractivity contribution in [2.24, 2.45) is 11.8 Å². The number of nitrogens with one attached hydrogen (secondary N) is 1. The highest BCUT2D eigenvalue weighted by Gasteiger charge is 2.42. The first-order valence-corrected chi connectivity index (χ1v) is 7.71. The molecule has 1 aromatic rings. The van der Waals surface area contributed by atoms with Gasteiger partial charge in [0.25, 0.3) is 0 Å². The number of nitrogens with zero attached hydrogens (tertiary/aromatic N) is 1. The van der Waals surface area contributed by atoms with E-state index in [0.29, 0.717) is 0 Å². The van der Waals surface area contributed by atoms with Crippen LogP contribution in [0.4, 0.5) is 0 Å². The van der Waals surface area contributed by atoms with E-state index in [1.54, 1.807) is 11.3 Å². The van der Waals surface area contributed by atoms with E-state index in [0.717, 1.165) is 29.4 Å². The molecule has 4 heteroatoms. The summed E-state index contributed by atoms with van der Waals surface area (Å²) in [4.78, 5) is 4.07. The van der Waals surface area contributed by atoms with Gasteiger partial charge in [0, 0.05) is 29.4 Å². The zero-order chi connectivity index (χ0) is 11.8. The molecule has 2 fully saturated rings. The Morgan fingerprint density at radius 2 is 2.41 bits per heavy atom. The van der Waals surface area contributed by atoms with Crippen molar-refractivity contribution in [2.45, 2.75) is 25.9 Å². The van der Waals surface area contributed by atoms with Crippen LogP contribution in [0, 0.1) is 11.8 Å². The van der Waals surface area contributed by atoms with E-state index >= 15 is 0 Å². The first kappa shape index (κ1) is 12.0. The minimum Gasteiger partial charge on any atom is -0.316 e. The number of rotatable bonds is 3. The van der Waals surface area contributed by atoms with Gasteiger partial charge in [0.2, 0.25) is 0 Å². The highest BCUT2D eigenvalue weighted by molar-refractivity contribution is 7.10. The van der Waals surface area contributed by atoms with Crippen LogP contribution < -0.4 is 5.32 Å². The maximum atomic E-state index is 5.99. The summed E-state index contributed by atoms with van der Waals surface area (Å²) in [5.74, 6) is 1.74. The van der Waals surface area contributed by atoms with Crippen LogP contribution >= 0.6 is 22.9 Å². The van der Waals surface area contributed by atoms with Gasteiger partial charge in [-0.3, -0.25) is 4.90 Å². The van der Waals surface area contributed by atoms with Crippen molar-refractivity contribution in [1.82, 2.24) is 10.2 Å². The molecule has 17 heavy (non-hydrogen) atoms. The van der Waals surface area contributed by atoms with Gasteiger partial charge in [-0.05, 0) is 37.4 Å². The van der Waals surface area contributed by atoms with Gasteiger partial charge < -0.3 is 5.32 Å². The van der Waals surface area contributed by atoms with Gasteiger partial charge in [0.05, 0.1) is 5.02 Å². The summed E-state index contributed by atoms with van der Waals surface area (Å²) >= 11 is 7.78. The summed E-state index contributed by atoms with van der Waals surface area (Å²) in [5, 5.41) is 6.46. The van der Waals surface area contributed by atoms with E-state index < -0.39 is 0 Å². The summed E-state index contributed by atoms with van der Waals surface area (Å²) in [6, 6.07) is 2.88. The van der Waals surface area contributed by atoms with Crippen molar-refractivity contribution in [3.05, 3.63) is 21.3 Å². The second kappa shape index (κ2) is 4.88. The second-order valence-electron chi connectivity index (χ2n) is 5.22. The first-order valence-electron chi connectivity index (χ1n) is 6.45. The Kier molecular flexibility index (Phi) is 3.44. The molecule has 1 N–H and O–H groups in total. The van der Waals surface area contributed by atoms with Crippen LogP contribution in [-0.4, -0.2) is 30.6 Å². The highest BCUT2D eigenvalue weighted by Crippen LogP contribution is 2.35. The van der Waals surface area contributed by atoms with Crippen LogP contribution in [0.3, 0.4) is 0 Å². The standard InChI is InChI=1S/C13H19ClN2S/c1-2-13-12-5-15-4-9(12)6-16(13)7-11-3-10(14)8-17-11/h3,8-9,12-13,15H,2,4-7H2,1H3. The Hall–Kier alpha value is -0.0900. The molecule has 0 aromatic carbocycles. The van der Waals surface area contributed by atoms with E-state index in [2.05, 4.69) is 23.2 Å². The van der Waals surface area contributed by atoms with E-state index in [-0.39, 0.29) is 0 Å². The van der Waals surface area contributed by atoms with E-state index in [9.17, 15) is 0 Å². The summed E-state index contributed by atoms with van der Waals surface area (Å²) in [5.41, 5.74) is 0. The molecule has 0 spiro atoms. The number of hydrogen-bond acceptors (Lipinski definition) is 3. The van der Waals surface area contributed by atoms with Crippen LogP contribution in [0.1, 0.15) is 18.2 Å². The third kappa shape index (κ3) is 2.26. The predicted octanol–water partition coefficient (Wildman–Crippen LogP) is 2.83. The predicted molar refractivity (Wildman–Crippen MR) is 73.7 cm³/mol. The van der Waals surface area contributed by atoms with E-state index in [1.165, 1.54) is 30.9 Å². The Morgan fingerprint density at radius 3 is 3.12 bits per heavy atom. The monoisotopic (exact) mass is 270 g/mol. The van der Waals surface area contributed by atoms with Gasteiger partial charge in [-0.2, -0.15) is 0 Å². The summed E-state index contributed by atoms with van der Waals surface area (Å²) < 4.78 is 0. The molecule has 1 aromatic heterocycles. The molecule has 0 radical (unpaired) electrons. The zero-order valence-corrected chi connectivity index (χ0v) is 11.7. The number of hydrogen-bond donors (Lipinski definition) is 1. The second-order valence-corrected chi connectivity index (χ2v) is 6.65. The average molecular weight is 271 g/mol. The largest absolute Gasteiger partial charge is 0.316 e. The van der Waals surface area contributed by atoms with Crippen LogP contribution in [-0.2, 0) is 6.54 Å². The Bertz CT molecular complexity index is 393. The number of likely N-dealkylation sites (tertiary alicyclic amines) is 1. The van der Waals surface area contributed by atoms with Gasteiger partial charge in [-0.1, -0.05) is 18.5 Å². The third-order valence-electron chi connectivity index (χ3n) is 4.22. The lowest BCUT2D eigenvalue weighted by Gasteiger charge is -2.26. The topological polar surface area (TPSA) is 15.3 Å². The molecule has 0 aliphatic carbocycles. The molecular weight excluding hydrogens is 252 g/mol. The quantitative estimate of drug-likeness (QED) is 0.909. The Balaban J connectivity index is 1.71. The minimum atomic E-state index is 0.760.